The van der Waals surface area contributed by atoms with Crippen molar-refractivity contribution in [3.05, 3.63) is 54.9 Å². The molecule has 5 heterocycles. The maximum atomic E-state index is 4.83. The summed E-state index contributed by atoms with van der Waals surface area (Å²) in [5.74, 6) is 2.13. The van der Waals surface area contributed by atoms with Crippen LogP contribution in [0.3, 0.4) is 0 Å². The average Bonchev–Trinajstić information content (AvgIpc) is 3.39. The highest BCUT2D eigenvalue weighted by atomic mass is 15.3. The van der Waals surface area contributed by atoms with E-state index < -0.39 is 0 Å². The molecule has 0 aromatic carbocycles. The van der Waals surface area contributed by atoms with Crippen LogP contribution >= 0.6 is 0 Å². The first-order valence-electron chi connectivity index (χ1n) is 9.22. The van der Waals surface area contributed by atoms with Crippen molar-refractivity contribution in [2.24, 2.45) is 5.92 Å². The molecule has 0 bridgehead atoms. The van der Waals surface area contributed by atoms with Crippen molar-refractivity contribution in [1.82, 2.24) is 34.8 Å². The Hall–Kier alpha value is -3.29. The minimum atomic E-state index is 0.538. The number of hydrogen-bond acceptors (Lipinski definition) is 6. The van der Waals surface area contributed by atoms with Gasteiger partial charge in [0.05, 0.1) is 17.3 Å². The summed E-state index contributed by atoms with van der Waals surface area (Å²) >= 11 is 0. The highest BCUT2D eigenvalue weighted by Gasteiger charge is 2.22. The van der Waals surface area contributed by atoms with E-state index in [4.69, 9.17) is 4.98 Å². The Bertz CT molecular complexity index is 1040. The number of nitrogens with zero attached hydrogens (tertiary/aromatic N) is 7. The summed E-state index contributed by atoms with van der Waals surface area (Å²) in [6.45, 7) is 1.98. The van der Waals surface area contributed by atoms with Crippen molar-refractivity contribution in [3.8, 4) is 11.4 Å². The normalized spacial score (nSPS) is 17.5. The molecule has 1 N–H and O–H groups in total. The zero-order valence-electron chi connectivity index (χ0n) is 14.9. The number of H-pyrrole nitrogens is 1. The van der Waals surface area contributed by atoms with Gasteiger partial charge in [0.2, 0.25) is 5.95 Å². The second-order valence-corrected chi connectivity index (χ2v) is 6.93. The summed E-state index contributed by atoms with van der Waals surface area (Å²) in [4.78, 5) is 15.9. The summed E-state index contributed by atoms with van der Waals surface area (Å²) in [6.07, 6.45) is 10.5. The Kier molecular flexibility index (Phi) is 4.00. The lowest BCUT2D eigenvalue weighted by Crippen LogP contribution is -2.37. The molecule has 0 amide bonds. The summed E-state index contributed by atoms with van der Waals surface area (Å²) in [7, 11) is 0. The molecule has 0 spiro atoms. The van der Waals surface area contributed by atoms with Crippen LogP contribution in [0.1, 0.15) is 18.5 Å². The molecule has 1 fully saturated rings. The quantitative estimate of drug-likeness (QED) is 0.601. The fourth-order valence-electron chi connectivity index (χ4n) is 3.82. The largest absolute Gasteiger partial charge is 0.341 e. The van der Waals surface area contributed by atoms with Crippen LogP contribution in [0.25, 0.3) is 16.9 Å². The van der Waals surface area contributed by atoms with Crippen LogP contribution in [0, 0.1) is 5.92 Å². The third-order valence-corrected chi connectivity index (χ3v) is 5.10. The van der Waals surface area contributed by atoms with Crippen LogP contribution < -0.4 is 4.90 Å². The summed E-state index contributed by atoms with van der Waals surface area (Å²) in [5.41, 5.74) is 3.05. The number of fused-ring (bicyclic) bond motifs is 1. The average molecular weight is 360 g/mol. The monoisotopic (exact) mass is 360 g/mol. The molecule has 1 aliphatic rings. The first-order chi connectivity index (χ1) is 13.4. The van der Waals surface area contributed by atoms with Gasteiger partial charge in [-0.05, 0) is 43.4 Å². The molecule has 4 aromatic heterocycles. The maximum absolute atomic E-state index is 4.83. The van der Waals surface area contributed by atoms with Gasteiger partial charge in [-0.25, -0.2) is 19.6 Å². The van der Waals surface area contributed by atoms with E-state index in [-0.39, 0.29) is 0 Å². The predicted molar refractivity (Wildman–Crippen MR) is 101 cm³/mol. The molecule has 27 heavy (non-hydrogen) atoms. The number of anilines is 1. The van der Waals surface area contributed by atoms with Crippen LogP contribution in [0.4, 0.5) is 5.95 Å². The van der Waals surface area contributed by atoms with Crippen LogP contribution in [0.2, 0.25) is 0 Å². The molecule has 0 radical (unpaired) electrons. The van der Waals surface area contributed by atoms with Crippen molar-refractivity contribution in [2.75, 3.05) is 18.0 Å². The molecular formula is C19H20N8. The van der Waals surface area contributed by atoms with Gasteiger partial charge in [0.25, 0.3) is 0 Å². The second-order valence-electron chi connectivity index (χ2n) is 6.93. The standard InChI is InChI=1S/C19H20N8/c1-2-9-27-17(5-1)16(11-23-27)18-20-7-6-15(24-18)10-14-4-3-8-26(12-14)19-21-13-22-25-19/h1-2,5-7,9,11,13-14H,3-4,8,10,12H2,(H,21,22,25)/t14-/m0/s1. The minimum Gasteiger partial charge on any atom is -0.341 e. The highest BCUT2D eigenvalue weighted by Crippen LogP contribution is 2.24. The van der Waals surface area contributed by atoms with Gasteiger partial charge in [-0.1, -0.05) is 6.07 Å². The van der Waals surface area contributed by atoms with Crippen molar-refractivity contribution >= 4 is 11.5 Å². The second kappa shape index (κ2) is 6.79. The molecule has 0 saturated carbocycles. The van der Waals surface area contributed by atoms with Gasteiger partial charge in [-0.2, -0.15) is 15.2 Å². The Balaban J connectivity index is 1.36. The van der Waals surface area contributed by atoms with E-state index in [9.17, 15) is 0 Å². The molecule has 1 aliphatic heterocycles. The maximum Gasteiger partial charge on any atom is 0.221 e. The zero-order chi connectivity index (χ0) is 18.1. The lowest BCUT2D eigenvalue weighted by Gasteiger charge is -2.32. The number of piperidine rings is 1. The fraction of sp³-hybridized carbons (Fsp3) is 0.316. The summed E-state index contributed by atoms with van der Waals surface area (Å²) < 4.78 is 1.85. The SMILES string of the molecule is c1ccn2ncc(-c3nccc(C[C@@H]4CCCN(c5ncn[nH]5)C4)n3)c2c1. The highest BCUT2D eigenvalue weighted by molar-refractivity contribution is 5.75. The van der Waals surface area contributed by atoms with E-state index in [1.54, 1.807) is 6.33 Å². The topological polar surface area (TPSA) is 87.9 Å². The Morgan fingerprint density at radius 3 is 3.11 bits per heavy atom. The number of pyridine rings is 1. The molecule has 1 saturated heterocycles. The lowest BCUT2D eigenvalue weighted by molar-refractivity contribution is 0.406. The number of rotatable bonds is 4. The number of hydrogen-bond donors (Lipinski definition) is 1. The first kappa shape index (κ1) is 15.9. The molecule has 8 nitrogen and oxygen atoms in total. The van der Waals surface area contributed by atoms with E-state index in [0.29, 0.717) is 5.92 Å². The molecule has 136 valence electrons. The van der Waals surface area contributed by atoms with Gasteiger partial charge < -0.3 is 4.90 Å². The minimum absolute atomic E-state index is 0.538. The third-order valence-electron chi connectivity index (χ3n) is 5.10. The van der Waals surface area contributed by atoms with E-state index in [1.807, 2.05) is 47.4 Å². The first-order valence-corrected chi connectivity index (χ1v) is 9.22. The molecule has 0 aliphatic carbocycles. The van der Waals surface area contributed by atoms with Crippen LogP contribution in [-0.4, -0.2) is 47.9 Å². The van der Waals surface area contributed by atoms with Gasteiger partial charge in [0.1, 0.15) is 6.33 Å². The molecule has 1 atom stereocenters. The van der Waals surface area contributed by atoms with Gasteiger partial charge in [0.15, 0.2) is 5.82 Å². The smallest absolute Gasteiger partial charge is 0.221 e. The third kappa shape index (κ3) is 3.14. The van der Waals surface area contributed by atoms with Crippen LogP contribution in [-0.2, 0) is 6.42 Å². The zero-order valence-corrected chi connectivity index (χ0v) is 14.9. The Morgan fingerprint density at radius 1 is 1.19 bits per heavy atom. The molecular weight excluding hydrogens is 340 g/mol. The van der Waals surface area contributed by atoms with Crippen molar-refractivity contribution in [3.63, 3.8) is 0 Å². The van der Waals surface area contributed by atoms with Gasteiger partial charge in [0, 0.05) is 31.2 Å². The van der Waals surface area contributed by atoms with Gasteiger partial charge in [-0.3, -0.25) is 0 Å². The molecule has 5 rings (SSSR count). The van der Waals surface area contributed by atoms with E-state index in [2.05, 4.69) is 30.2 Å². The fourth-order valence-corrected chi connectivity index (χ4v) is 3.82. The van der Waals surface area contributed by atoms with Crippen LogP contribution in [0.5, 0.6) is 0 Å². The number of nitrogens with one attached hydrogen (secondary N) is 1. The molecule has 0 unspecified atom stereocenters. The number of aromatic amines is 1. The lowest BCUT2D eigenvalue weighted by atomic mass is 9.93. The summed E-state index contributed by atoms with van der Waals surface area (Å²) in [5, 5.41) is 11.3. The van der Waals surface area contributed by atoms with E-state index in [1.165, 1.54) is 6.42 Å². The van der Waals surface area contributed by atoms with Crippen molar-refractivity contribution in [1.29, 1.82) is 0 Å². The Morgan fingerprint density at radius 2 is 2.19 bits per heavy atom. The van der Waals surface area contributed by atoms with Crippen molar-refractivity contribution < 1.29 is 0 Å². The molecule has 8 heteroatoms. The Labute approximate surface area is 156 Å². The van der Waals surface area contributed by atoms with E-state index >= 15 is 0 Å². The van der Waals surface area contributed by atoms with Gasteiger partial charge in [-0.15, -0.1) is 0 Å². The summed E-state index contributed by atoms with van der Waals surface area (Å²) in [6, 6.07) is 8.02. The van der Waals surface area contributed by atoms with Gasteiger partial charge >= 0.3 is 0 Å². The van der Waals surface area contributed by atoms with Crippen LogP contribution in [0.15, 0.2) is 49.2 Å². The van der Waals surface area contributed by atoms with Crippen molar-refractivity contribution in [2.45, 2.75) is 19.3 Å². The van der Waals surface area contributed by atoms with E-state index in [0.717, 1.165) is 54.5 Å². The molecule has 4 aromatic rings. The number of aromatic nitrogens is 7. The predicted octanol–water partition coefficient (Wildman–Crippen LogP) is 2.37.